The fraction of sp³-hybridized carbons (Fsp3) is 0.533. The highest BCUT2D eigenvalue weighted by molar-refractivity contribution is 5.94. The van der Waals surface area contributed by atoms with Gasteiger partial charge in [-0.05, 0) is 18.9 Å². The van der Waals surface area contributed by atoms with E-state index in [0.717, 1.165) is 42.8 Å². The lowest BCUT2D eigenvalue weighted by molar-refractivity contribution is 0.0687. The van der Waals surface area contributed by atoms with Crippen LogP contribution in [-0.2, 0) is 17.8 Å². The first kappa shape index (κ1) is 13.5. The van der Waals surface area contributed by atoms with Crippen LogP contribution in [0.3, 0.4) is 0 Å². The predicted molar refractivity (Wildman–Crippen MR) is 78.4 cm³/mol. The molecule has 0 aromatic carbocycles. The summed E-state index contributed by atoms with van der Waals surface area (Å²) < 4.78 is 5.47. The summed E-state index contributed by atoms with van der Waals surface area (Å²) in [4.78, 5) is 14.7. The summed E-state index contributed by atoms with van der Waals surface area (Å²) in [5.74, 6) is 0.332. The van der Waals surface area contributed by atoms with E-state index < -0.39 is 0 Å². The fourth-order valence-electron chi connectivity index (χ4n) is 3.35. The average molecular weight is 301 g/mol. The van der Waals surface area contributed by atoms with Gasteiger partial charge < -0.3 is 9.64 Å². The van der Waals surface area contributed by atoms with Crippen LogP contribution in [0.4, 0.5) is 0 Å². The van der Waals surface area contributed by atoms with Crippen molar-refractivity contribution in [2.45, 2.75) is 31.8 Å². The Bertz CT molecular complexity index is 664. The van der Waals surface area contributed by atoms with Crippen LogP contribution in [0.1, 0.15) is 46.2 Å². The maximum absolute atomic E-state index is 12.8. The maximum Gasteiger partial charge on any atom is 0.274 e. The Balaban J connectivity index is 1.54. The number of hydrogen-bond acceptors (Lipinski definition) is 4. The maximum atomic E-state index is 12.8. The van der Waals surface area contributed by atoms with Crippen LogP contribution in [0.5, 0.6) is 0 Å². The van der Waals surface area contributed by atoms with Gasteiger partial charge in [-0.15, -0.1) is 0 Å². The minimum Gasteiger partial charge on any atom is -0.376 e. The largest absolute Gasteiger partial charge is 0.376 e. The molecule has 4 rings (SSSR count). The van der Waals surface area contributed by atoms with E-state index in [1.807, 2.05) is 11.0 Å². The van der Waals surface area contributed by atoms with Crippen molar-refractivity contribution < 1.29 is 9.53 Å². The van der Waals surface area contributed by atoms with E-state index in [1.165, 1.54) is 0 Å². The van der Waals surface area contributed by atoms with E-state index in [1.54, 1.807) is 6.20 Å². The van der Waals surface area contributed by atoms with E-state index in [0.29, 0.717) is 31.4 Å². The van der Waals surface area contributed by atoms with Crippen molar-refractivity contribution in [3.8, 4) is 0 Å². The molecule has 2 N–H and O–H groups in total. The van der Waals surface area contributed by atoms with Gasteiger partial charge in [0.25, 0.3) is 5.91 Å². The van der Waals surface area contributed by atoms with E-state index in [2.05, 4.69) is 20.4 Å². The Labute approximate surface area is 128 Å². The van der Waals surface area contributed by atoms with Gasteiger partial charge in [-0.3, -0.25) is 15.0 Å². The molecular formula is C15H19N5O2. The van der Waals surface area contributed by atoms with Gasteiger partial charge in [0.1, 0.15) is 0 Å². The number of hydrogen-bond donors (Lipinski definition) is 2. The predicted octanol–water partition coefficient (Wildman–Crippen LogP) is 1.23. The molecule has 7 nitrogen and oxygen atoms in total. The average Bonchev–Trinajstić information content (AvgIpc) is 3.24. The van der Waals surface area contributed by atoms with Crippen molar-refractivity contribution in [1.82, 2.24) is 25.3 Å². The lowest BCUT2D eigenvalue weighted by Gasteiger charge is -2.32. The van der Waals surface area contributed by atoms with Crippen molar-refractivity contribution in [2.75, 3.05) is 19.7 Å². The molecular weight excluding hydrogens is 282 g/mol. The Morgan fingerprint density at radius 2 is 2.36 bits per heavy atom. The molecule has 0 radical (unpaired) electrons. The van der Waals surface area contributed by atoms with Crippen molar-refractivity contribution in [2.24, 2.45) is 0 Å². The number of likely N-dealkylation sites (tertiary alicyclic amines) is 1. The summed E-state index contributed by atoms with van der Waals surface area (Å²) in [5, 5.41) is 14.3. The number of nitrogens with one attached hydrogen (secondary N) is 2. The summed E-state index contributed by atoms with van der Waals surface area (Å²) in [5.41, 5.74) is 3.60. The fourth-order valence-corrected chi connectivity index (χ4v) is 3.35. The number of aromatic amines is 2. The zero-order valence-electron chi connectivity index (χ0n) is 12.3. The van der Waals surface area contributed by atoms with E-state index >= 15 is 0 Å². The number of carbonyl (C=O) groups is 1. The van der Waals surface area contributed by atoms with Crippen molar-refractivity contribution in [3.05, 3.63) is 34.9 Å². The van der Waals surface area contributed by atoms with E-state index in [9.17, 15) is 4.79 Å². The molecule has 22 heavy (non-hydrogen) atoms. The number of carbonyl (C=O) groups excluding carboxylic acids is 1. The molecule has 1 atom stereocenters. The molecule has 7 heteroatoms. The molecule has 0 bridgehead atoms. The topological polar surface area (TPSA) is 86.9 Å². The van der Waals surface area contributed by atoms with Crippen molar-refractivity contribution in [3.63, 3.8) is 0 Å². The second-order valence-electron chi connectivity index (χ2n) is 5.93. The van der Waals surface area contributed by atoms with Crippen LogP contribution in [-0.4, -0.2) is 50.9 Å². The second kappa shape index (κ2) is 5.57. The first-order valence-corrected chi connectivity index (χ1v) is 7.75. The Hall–Kier alpha value is -2.15. The zero-order valence-corrected chi connectivity index (χ0v) is 12.3. The number of nitrogens with zero attached hydrogens (tertiary/aromatic N) is 3. The smallest absolute Gasteiger partial charge is 0.274 e. The van der Waals surface area contributed by atoms with Crippen LogP contribution >= 0.6 is 0 Å². The summed E-state index contributed by atoms with van der Waals surface area (Å²) >= 11 is 0. The third-order valence-electron chi connectivity index (χ3n) is 4.57. The van der Waals surface area contributed by atoms with Gasteiger partial charge in [-0.1, -0.05) is 0 Å². The van der Waals surface area contributed by atoms with E-state index in [4.69, 9.17) is 4.74 Å². The van der Waals surface area contributed by atoms with E-state index in [-0.39, 0.29) is 5.91 Å². The molecule has 2 aromatic heterocycles. The second-order valence-corrected chi connectivity index (χ2v) is 5.93. The first-order chi connectivity index (χ1) is 10.8. The third kappa shape index (κ3) is 2.31. The highest BCUT2D eigenvalue weighted by Crippen LogP contribution is 2.27. The summed E-state index contributed by atoms with van der Waals surface area (Å²) in [6.07, 6.45) is 4.64. The zero-order chi connectivity index (χ0) is 14.9. The number of amides is 1. The molecule has 4 heterocycles. The van der Waals surface area contributed by atoms with Gasteiger partial charge in [0.2, 0.25) is 0 Å². The highest BCUT2D eigenvalue weighted by Gasteiger charge is 2.30. The molecule has 1 unspecified atom stereocenters. The highest BCUT2D eigenvalue weighted by atomic mass is 16.5. The van der Waals surface area contributed by atoms with Gasteiger partial charge in [0, 0.05) is 48.6 Å². The van der Waals surface area contributed by atoms with Crippen LogP contribution in [0.2, 0.25) is 0 Å². The number of fused-ring (bicyclic) bond motifs is 1. The molecule has 0 aliphatic carbocycles. The van der Waals surface area contributed by atoms with Gasteiger partial charge in [-0.25, -0.2) is 0 Å². The number of rotatable bonds is 2. The van der Waals surface area contributed by atoms with Gasteiger partial charge in [0.05, 0.1) is 13.2 Å². The molecule has 116 valence electrons. The number of aromatic nitrogens is 4. The SMILES string of the molecule is O=C(c1n[nH]c2c1COCC2)N1CCCC(c2ccn[nH]2)C1. The Kier molecular flexibility index (Phi) is 3.42. The van der Waals surface area contributed by atoms with Crippen LogP contribution in [0.25, 0.3) is 0 Å². The molecule has 2 aliphatic heterocycles. The van der Waals surface area contributed by atoms with Crippen LogP contribution in [0, 0.1) is 0 Å². The number of piperidine rings is 1. The summed E-state index contributed by atoms with van der Waals surface area (Å²) in [6, 6.07) is 1.99. The molecule has 1 fully saturated rings. The normalized spacial score (nSPS) is 21.6. The van der Waals surface area contributed by atoms with Crippen LogP contribution in [0.15, 0.2) is 12.3 Å². The minimum atomic E-state index is 0.00668. The molecule has 2 aromatic rings. The Morgan fingerprint density at radius 1 is 1.41 bits per heavy atom. The lowest BCUT2D eigenvalue weighted by Crippen LogP contribution is -2.39. The van der Waals surface area contributed by atoms with Crippen LogP contribution < -0.4 is 0 Å². The quantitative estimate of drug-likeness (QED) is 0.873. The first-order valence-electron chi connectivity index (χ1n) is 7.75. The Morgan fingerprint density at radius 3 is 3.23 bits per heavy atom. The molecule has 2 aliphatic rings. The van der Waals surface area contributed by atoms with Gasteiger partial charge >= 0.3 is 0 Å². The molecule has 0 saturated carbocycles. The summed E-state index contributed by atoms with van der Waals surface area (Å²) in [7, 11) is 0. The van der Waals surface area contributed by atoms with Crippen molar-refractivity contribution in [1.29, 1.82) is 0 Å². The van der Waals surface area contributed by atoms with Gasteiger partial charge in [-0.2, -0.15) is 10.2 Å². The standard InChI is InChI=1S/C15H19N5O2/c21-15(14-11-9-22-7-4-13(11)18-19-14)20-6-1-2-10(8-20)12-3-5-16-17-12/h3,5,10H,1-2,4,6-9H2,(H,16,17)(H,18,19). The number of H-pyrrole nitrogens is 2. The summed E-state index contributed by atoms with van der Waals surface area (Å²) in [6.45, 7) is 2.66. The minimum absolute atomic E-state index is 0.00668. The van der Waals surface area contributed by atoms with Crippen molar-refractivity contribution >= 4 is 5.91 Å². The van der Waals surface area contributed by atoms with Gasteiger partial charge in [0.15, 0.2) is 5.69 Å². The molecule has 0 spiro atoms. The molecule has 1 amide bonds. The number of ether oxygens (including phenoxy) is 1. The third-order valence-corrected chi connectivity index (χ3v) is 4.57. The monoisotopic (exact) mass is 301 g/mol. The molecule has 1 saturated heterocycles. The lowest BCUT2D eigenvalue weighted by atomic mass is 9.94.